The average molecular weight is 284 g/mol. The highest BCUT2D eigenvalue weighted by Crippen LogP contribution is 2.10. The largest absolute Gasteiger partial charge is 0.376 e. The van der Waals surface area contributed by atoms with Gasteiger partial charge in [-0.05, 0) is 24.7 Å². The van der Waals surface area contributed by atoms with E-state index in [1.54, 1.807) is 4.90 Å². The molecule has 1 heterocycles. The van der Waals surface area contributed by atoms with Crippen molar-refractivity contribution in [1.82, 2.24) is 10.2 Å². The molecule has 1 unspecified atom stereocenters. The lowest BCUT2D eigenvalue weighted by Crippen LogP contribution is -2.47. The van der Waals surface area contributed by atoms with Gasteiger partial charge in [-0.15, -0.1) is 0 Å². The van der Waals surface area contributed by atoms with Crippen LogP contribution in [0.4, 0.5) is 0 Å². The van der Waals surface area contributed by atoms with Gasteiger partial charge in [-0.1, -0.05) is 27.7 Å². The Balaban J connectivity index is 2.46. The van der Waals surface area contributed by atoms with E-state index >= 15 is 0 Å². The topological polar surface area (TPSA) is 58.6 Å². The summed E-state index contributed by atoms with van der Waals surface area (Å²) in [7, 11) is 0. The van der Waals surface area contributed by atoms with Gasteiger partial charge in [-0.3, -0.25) is 9.59 Å². The maximum atomic E-state index is 12.2. The molecule has 2 amide bonds. The van der Waals surface area contributed by atoms with Crippen LogP contribution in [0.3, 0.4) is 0 Å². The lowest BCUT2D eigenvalue weighted by atomic mass is 10.1. The molecule has 0 spiro atoms. The molecule has 1 saturated heterocycles. The normalized spacial score (nSPS) is 18.6. The number of hydrogen-bond acceptors (Lipinski definition) is 3. The zero-order chi connectivity index (χ0) is 15.1. The first-order chi connectivity index (χ1) is 9.40. The number of amides is 2. The number of nitrogens with zero attached hydrogens (tertiary/aromatic N) is 1. The van der Waals surface area contributed by atoms with Crippen molar-refractivity contribution in [2.75, 3.05) is 26.2 Å². The molecular formula is C15H28N2O3. The van der Waals surface area contributed by atoms with Gasteiger partial charge in [-0.25, -0.2) is 0 Å². The fraction of sp³-hybridized carbons (Fsp3) is 0.867. The van der Waals surface area contributed by atoms with Gasteiger partial charge < -0.3 is 15.0 Å². The number of ether oxygens (including phenoxy) is 1. The molecule has 1 rings (SSSR count). The van der Waals surface area contributed by atoms with Crippen LogP contribution in [0, 0.1) is 11.8 Å². The highest BCUT2D eigenvalue weighted by atomic mass is 16.5. The van der Waals surface area contributed by atoms with Crippen LogP contribution in [0.15, 0.2) is 0 Å². The van der Waals surface area contributed by atoms with Crippen molar-refractivity contribution in [1.29, 1.82) is 0 Å². The molecular weight excluding hydrogens is 256 g/mol. The number of nitrogens with one attached hydrogen (secondary N) is 1. The third-order valence-electron chi connectivity index (χ3n) is 3.17. The molecule has 1 aliphatic heterocycles. The van der Waals surface area contributed by atoms with Crippen molar-refractivity contribution in [3.63, 3.8) is 0 Å². The Morgan fingerprint density at radius 2 is 1.80 bits per heavy atom. The summed E-state index contributed by atoms with van der Waals surface area (Å²) in [5.74, 6) is -0.237. The SMILES string of the molecule is CC(C)CN(CC(C)C)C(=O)C(=O)NCC1CCCO1. The van der Waals surface area contributed by atoms with E-state index in [0.29, 0.717) is 31.5 Å². The van der Waals surface area contributed by atoms with Gasteiger partial charge in [0.2, 0.25) is 0 Å². The molecule has 5 nitrogen and oxygen atoms in total. The summed E-state index contributed by atoms with van der Waals surface area (Å²) in [6.07, 6.45) is 2.05. The van der Waals surface area contributed by atoms with Crippen LogP contribution in [0.25, 0.3) is 0 Å². The Labute approximate surface area is 122 Å². The molecule has 0 radical (unpaired) electrons. The van der Waals surface area contributed by atoms with Gasteiger partial charge in [0.25, 0.3) is 0 Å². The van der Waals surface area contributed by atoms with Crippen LogP contribution < -0.4 is 5.32 Å². The maximum Gasteiger partial charge on any atom is 0.311 e. The highest BCUT2D eigenvalue weighted by Gasteiger charge is 2.24. The molecule has 116 valence electrons. The summed E-state index contributed by atoms with van der Waals surface area (Å²) in [5.41, 5.74) is 0. The summed E-state index contributed by atoms with van der Waals surface area (Å²) < 4.78 is 5.43. The van der Waals surface area contributed by atoms with Crippen LogP contribution in [0.5, 0.6) is 0 Å². The quantitative estimate of drug-likeness (QED) is 0.751. The van der Waals surface area contributed by atoms with Crippen molar-refractivity contribution < 1.29 is 14.3 Å². The Morgan fingerprint density at radius 3 is 2.25 bits per heavy atom. The van der Waals surface area contributed by atoms with Crippen LogP contribution in [0.1, 0.15) is 40.5 Å². The van der Waals surface area contributed by atoms with Crippen molar-refractivity contribution in [2.24, 2.45) is 11.8 Å². The molecule has 1 N–H and O–H groups in total. The summed E-state index contributed by atoms with van der Waals surface area (Å²) in [5, 5.41) is 2.70. The molecule has 1 fully saturated rings. The average Bonchev–Trinajstić information content (AvgIpc) is 2.86. The predicted octanol–water partition coefficient (Wildman–Crippen LogP) is 1.42. The molecule has 0 aromatic rings. The van der Waals surface area contributed by atoms with Gasteiger partial charge in [-0.2, -0.15) is 0 Å². The summed E-state index contributed by atoms with van der Waals surface area (Å²) in [4.78, 5) is 25.8. The number of hydrogen-bond donors (Lipinski definition) is 1. The molecule has 5 heteroatoms. The standard InChI is InChI=1S/C15H28N2O3/c1-11(2)9-17(10-12(3)4)15(19)14(18)16-8-13-6-5-7-20-13/h11-13H,5-10H2,1-4H3,(H,16,18). The van der Waals surface area contributed by atoms with Crippen LogP contribution in [-0.2, 0) is 14.3 Å². The molecule has 1 aliphatic rings. The first-order valence-corrected chi connectivity index (χ1v) is 7.58. The Bertz CT molecular complexity index is 313. The van der Waals surface area contributed by atoms with Crippen LogP contribution in [0.2, 0.25) is 0 Å². The lowest BCUT2D eigenvalue weighted by Gasteiger charge is -2.26. The number of carbonyl (C=O) groups is 2. The predicted molar refractivity (Wildman–Crippen MR) is 78.2 cm³/mol. The zero-order valence-electron chi connectivity index (χ0n) is 13.1. The van der Waals surface area contributed by atoms with E-state index in [4.69, 9.17) is 4.74 Å². The van der Waals surface area contributed by atoms with Crippen LogP contribution in [-0.4, -0.2) is 49.1 Å². The lowest BCUT2D eigenvalue weighted by molar-refractivity contribution is -0.146. The molecule has 0 aliphatic carbocycles. The minimum atomic E-state index is -0.512. The summed E-state index contributed by atoms with van der Waals surface area (Å²) >= 11 is 0. The molecule has 0 bridgehead atoms. The molecule has 1 atom stereocenters. The maximum absolute atomic E-state index is 12.2. The second-order valence-electron chi connectivity index (χ2n) is 6.34. The molecule has 0 aromatic carbocycles. The van der Waals surface area contributed by atoms with E-state index in [9.17, 15) is 9.59 Å². The Morgan fingerprint density at radius 1 is 1.20 bits per heavy atom. The second kappa shape index (κ2) is 8.25. The van der Waals surface area contributed by atoms with Gasteiger partial charge in [0.05, 0.1) is 6.10 Å². The van der Waals surface area contributed by atoms with E-state index < -0.39 is 11.8 Å². The van der Waals surface area contributed by atoms with Crippen molar-refractivity contribution in [2.45, 2.75) is 46.6 Å². The van der Waals surface area contributed by atoms with E-state index in [-0.39, 0.29) is 6.10 Å². The smallest absolute Gasteiger partial charge is 0.311 e. The van der Waals surface area contributed by atoms with Gasteiger partial charge in [0, 0.05) is 26.2 Å². The third kappa shape index (κ3) is 5.90. The summed E-state index contributed by atoms with van der Waals surface area (Å²) in [6, 6.07) is 0. The number of carbonyl (C=O) groups excluding carboxylic acids is 2. The van der Waals surface area contributed by atoms with Crippen molar-refractivity contribution >= 4 is 11.8 Å². The van der Waals surface area contributed by atoms with Crippen LogP contribution >= 0.6 is 0 Å². The number of rotatable bonds is 6. The van der Waals surface area contributed by atoms with E-state index in [0.717, 1.165) is 19.4 Å². The third-order valence-corrected chi connectivity index (χ3v) is 3.17. The molecule has 0 aromatic heterocycles. The fourth-order valence-corrected chi connectivity index (χ4v) is 2.35. The monoisotopic (exact) mass is 284 g/mol. The van der Waals surface area contributed by atoms with Crippen molar-refractivity contribution in [3.05, 3.63) is 0 Å². The van der Waals surface area contributed by atoms with Gasteiger partial charge >= 0.3 is 11.8 Å². The molecule has 0 saturated carbocycles. The van der Waals surface area contributed by atoms with Gasteiger partial charge in [0.15, 0.2) is 0 Å². The van der Waals surface area contributed by atoms with Crippen molar-refractivity contribution in [3.8, 4) is 0 Å². The first-order valence-electron chi connectivity index (χ1n) is 7.58. The minimum Gasteiger partial charge on any atom is -0.376 e. The fourth-order valence-electron chi connectivity index (χ4n) is 2.35. The highest BCUT2D eigenvalue weighted by molar-refractivity contribution is 6.35. The Hall–Kier alpha value is -1.10. The minimum absolute atomic E-state index is 0.0652. The van der Waals surface area contributed by atoms with Gasteiger partial charge in [0.1, 0.15) is 0 Å². The summed E-state index contributed by atoms with van der Waals surface area (Å²) in [6.45, 7) is 10.6. The van der Waals surface area contributed by atoms with E-state index in [1.165, 1.54) is 0 Å². The van der Waals surface area contributed by atoms with E-state index in [1.807, 2.05) is 27.7 Å². The first kappa shape index (κ1) is 17.0. The second-order valence-corrected chi connectivity index (χ2v) is 6.34. The molecule has 20 heavy (non-hydrogen) atoms. The zero-order valence-corrected chi connectivity index (χ0v) is 13.1. The van der Waals surface area contributed by atoms with E-state index in [2.05, 4.69) is 5.32 Å². The Kier molecular flexibility index (Phi) is 6.99.